The van der Waals surface area contributed by atoms with Gasteiger partial charge in [-0.3, -0.25) is 0 Å². The second-order valence-electron chi connectivity index (χ2n) is 5.50. The molecule has 0 radical (unpaired) electrons. The van der Waals surface area contributed by atoms with Crippen molar-refractivity contribution in [3.8, 4) is 0 Å². The number of nitrogens with two attached hydrogens (primary N) is 1. The molecule has 4 heteroatoms. The van der Waals surface area contributed by atoms with E-state index in [1.54, 1.807) is 5.01 Å². The van der Waals surface area contributed by atoms with Gasteiger partial charge in [-0.25, -0.2) is 5.84 Å². The van der Waals surface area contributed by atoms with Crippen LogP contribution in [0.5, 0.6) is 0 Å². The maximum atomic E-state index is 6.38. The molecule has 0 unspecified atom stereocenters. The summed E-state index contributed by atoms with van der Waals surface area (Å²) in [7, 11) is 3.86. The Morgan fingerprint density at radius 3 is 2.48 bits per heavy atom. The molecule has 0 fully saturated rings. The van der Waals surface area contributed by atoms with Crippen molar-refractivity contribution in [1.29, 1.82) is 0 Å². The lowest BCUT2D eigenvalue weighted by atomic mass is 10.0. The molecule has 2 aromatic rings. The molecule has 0 atom stereocenters. The van der Waals surface area contributed by atoms with Crippen molar-refractivity contribution in [3.63, 3.8) is 0 Å². The number of nitrogens with zero attached hydrogens (tertiary/aromatic N) is 2. The van der Waals surface area contributed by atoms with Crippen LogP contribution in [-0.2, 0) is 6.54 Å². The van der Waals surface area contributed by atoms with Gasteiger partial charge in [0.15, 0.2) is 0 Å². The Bertz CT molecular complexity index is 638. The van der Waals surface area contributed by atoms with Crippen LogP contribution in [0.25, 0.3) is 0 Å². The minimum Gasteiger partial charge on any atom is -0.367 e. The number of hydrazine groups is 1. The highest BCUT2D eigenvalue weighted by molar-refractivity contribution is 6.34. The van der Waals surface area contributed by atoms with Crippen molar-refractivity contribution in [2.45, 2.75) is 20.4 Å². The standard InChI is InChI=1S/C17H22ClN3/c1-12-8-9-13(2)14(10-12)11-20(3)17-15(18)6-5-7-16(17)21(4)19/h5-10H,11,19H2,1-4H3. The highest BCUT2D eigenvalue weighted by Gasteiger charge is 2.14. The normalized spacial score (nSPS) is 10.6. The van der Waals surface area contributed by atoms with Gasteiger partial charge in [-0.05, 0) is 37.1 Å². The lowest BCUT2D eigenvalue weighted by molar-refractivity contribution is 0.900. The molecule has 21 heavy (non-hydrogen) atoms. The molecule has 0 aliphatic carbocycles. The average Bonchev–Trinajstić information content (AvgIpc) is 2.42. The summed E-state index contributed by atoms with van der Waals surface area (Å²) in [6.07, 6.45) is 0. The van der Waals surface area contributed by atoms with Crippen LogP contribution < -0.4 is 15.8 Å². The van der Waals surface area contributed by atoms with Crippen LogP contribution in [0.3, 0.4) is 0 Å². The first-order valence-corrected chi connectivity index (χ1v) is 7.32. The largest absolute Gasteiger partial charge is 0.367 e. The molecular weight excluding hydrogens is 282 g/mol. The molecule has 0 aliphatic heterocycles. The summed E-state index contributed by atoms with van der Waals surface area (Å²) < 4.78 is 0. The number of benzene rings is 2. The predicted octanol–water partition coefficient (Wildman–Crippen LogP) is 3.90. The molecule has 112 valence electrons. The third kappa shape index (κ3) is 3.49. The molecule has 2 N–H and O–H groups in total. The zero-order valence-electron chi connectivity index (χ0n) is 13.0. The maximum Gasteiger partial charge on any atom is 0.0807 e. The molecule has 2 aromatic carbocycles. The molecule has 0 amide bonds. The van der Waals surface area contributed by atoms with Crippen LogP contribution in [0.4, 0.5) is 11.4 Å². The third-order valence-corrected chi connectivity index (χ3v) is 3.94. The summed E-state index contributed by atoms with van der Waals surface area (Å²) in [4.78, 5) is 2.14. The number of anilines is 2. The fraction of sp³-hybridized carbons (Fsp3) is 0.294. The zero-order valence-corrected chi connectivity index (χ0v) is 13.8. The van der Waals surface area contributed by atoms with Gasteiger partial charge in [0.2, 0.25) is 0 Å². The summed E-state index contributed by atoms with van der Waals surface area (Å²) in [5, 5.41) is 2.30. The first-order valence-electron chi connectivity index (χ1n) is 6.94. The monoisotopic (exact) mass is 303 g/mol. The summed E-state index contributed by atoms with van der Waals surface area (Å²) in [5.74, 6) is 5.92. The van der Waals surface area contributed by atoms with E-state index >= 15 is 0 Å². The minimum absolute atomic E-state index is 0.706. The summed E-state index contributed by atoms with van der Waals surface area (Å²) in [5.41, 5.74) is 5.70. The predicted molar refractivity (Wildman–Crippen MR) is 92.1 cm³/mol. The molecule has 2 rings (SSSR count). The van der Waals surface area contributed by atoms with E-state index in [2.05, 4.69) is 36.9 Å². The van der Waals surface area contributed by atoms with Gasteiger partial charge in [0.25, 0.3) is 0 Å². The minimum atomic E-state index is 0.706. The molecular formula is C17H22ClN3. The highest BCUT2D eigenvalue weighted by atomic mass is 35.5. The van der Waals surface area contributed by atoms with Crippen molar-refractivity contribution in [3.05, 3.63) is 58.1 Å². The first kappa shape index (κ1) is 15.7. The van der Waals surface area contributed by atoms with Crippen molar-refractivity contribution in [1.82, 2.24) is 0 Å². The van der Waals surface area contributed by atoms with E-state index in [1.807, 2.05) is 32.3 Å². The molecule has 0 saturated heterocycles. The summed E-state index contributed by atoms with van der Waals surface area (Å²) in [6.45, 7) is 5.03. The lowest BCUT2D eigenvalue weighted by Gasteiger charge is -2.27. The Hall–Kier alpha value is -1.71. The van der Waals surface area contributed by atoms with Crippen molar-refractivity contribution in [2.24, 2.45) is 5.84 Å². The lowest BCUT2D eigenvalue weighted by Crippen LogP contribution is -2.28. The van der Waals surface area contributed by atoms with Crippen LogP contribution in [-0.4, -0.2) is 14.1 Å². The van der Waals surface area contributed by atoms with Crippen molar-refractivity contribution in [2.75, 3.05) is 24.0 Å². The molecule has 0 aliphatic rings. The highest BCUT2D eigenvalue weighted by Crippen LogP contribution is 2.35. The Morgan fingerprint density at radius 1 is 1.10 bits per heavy atom. The second kappa shape index (κ2) is 6.37. The van der Waals surface area contributed by atoms with Gasteiger partial charge in [-0.15, -0.1) is 0 Å². The van der Waals surface area contributed by atoms with Gasteiger partial charge in [-0.1, -0.05) is 41.4 Å². The van der Waals surface area contributed by atoms with Crippen LogP contribution in [0.2, 0.25) is 5.02 Å². The van der Waals surface area contributed by atoms with E-state index in [9.17, 15) is 0 Å². The van der Waals surface area contributed by atoms with Gasteiger partial charge < -0.3 is 9.91 Å². The summed E-state index contributed by atoms with van der Waals surface area (Å²) >= 11 is 6.38. The quantitative estimate of drug-likeness (QED) is 0.687. The third-order valence-electron chi connectivity index (χ3n) is 3.64. The van der Waals surface area contributed by atoms with Crippen LogP contribution in [0.15, 0.2) is 36.4 Å². The van der Waals surface area contributed by atoms with E-state index in [1.165, 1.54) is 16.7 Å². The Labute approximate surface area is 131 Å². The van der Waals surface area contributed by atoms with Crippen molar-refractivity contribution >= 4 is 23.0 Å². The molecule has 0 heterocycles. The molecule has 0 saturated carbocycles. The number of para-hydroxylation sites is 1. The van der Waals surface area contributed by atoms with Gasteiger partial charge in [0.05, 0.1) is 16.4 Å². The van der Waals surface area contributed by atoms with Gasteiger partial charge in [0, 0.05) is 20.6 Å². The fourth-order valence-electron chi connectivity index (χ4n) is 2.47. The smallest absolute Gasteiger partial charge is 0.0807 e. The Kier molecular flexibility index (Phi) is 4.76. The number of aryl methyl sites for hydroxylation is 2. The van der Waals surface area contributed by atoms with Crippen LogP contribution >= 0.6 is 11.6 Å². The summed E-state index contributed by atoms with van der Waals surface area (Å²) in [6, 6.07) is 12.3. The van der Waals surface area contributed by atoms with E-state index in [0.29, 0.717) is 5.02 Å². The first-order chi connectivity index (χ1) is 9.90. The number of halogens is 1. The topological polar surface area (TPSA) is 32.5 Å². The van der Waals surface area contributed by atoms with E-state index in [-0.39, 0.29) is 0 Å². The number of rotatable bonds is 4. The Balaban J connectivity index is 2.37. The fourth-order valence-corrected chi connectivity index (χ4v) is 2.79. The Morgan fingerprint density at radius 2 is 1.81 bits per heavy atom. The van der Waals surface area contributed by atoms with Gasteiger partial charge in [0.1, 0.15) is 0 Å². The second-order valence-corrected chi connectivity index (χ2v) is 5.91. The SMILES string of the molecule is Cc1ccc(C)c(CN(C)c2c(Cl)cccc2N(C)N)c1. The number of hydrogen-bond acceptors (Lipinski definition) is 3. The van der Waals surface area contributed by atoms with Gasteiger partial charge in [-0.2, -0.15) is 0 Å². The maximum absolute atomic E-state index is 6.38. The average molecular weight is 304 g/mol. The molecule has 0 spiro atoms. The van der Waals surface area contributed by atoms with Crippen LogP contribution in [0.1, 0.15) is 16.7 Å². The van der Waals surface area contributed by atoms with E-state index in [4.69, 9.17) is 17.4 Å². The van der Waals surface area contributed by atoms with Crippen molar-refractivity contribution < 1.29 is 0 Å². The zero-order chi connectivity index (χ0) is 15.6. The molecule has 3 nitrogen and oxygen atoms in total. The molecule has 0 bridgehead atoms. The number of hydrogen-bond donors (Lipinski definition) is 1. The van der Waals surface area contributed by atoms with Crippen LogP contribution in [0, 0.1) is 13.8 Å². The van der Waals surface area contributed by atoms with Gasteiger partial charge >= 0.3 is 0 Å². The van der Waals surface area contributed by atoms with E-state index in [0.717, 1.165) is 17.9 Å². The van der Waals surface area contributed by atoms with E-state index < -0.39 is 0 Å². The molecule has 0 aromatic heterocycles.